The van der Waals surface area contributed by atoms with E-state index in [2.05, 4.69) is 20.9 Å². The van der Waals surface area contributed by atoms with E-state index in [0.29, 0.717) is 16.8 Å². The summed E-state index contributed by atoms with van der Waals surface area (Å²) in [6.45, 7) is 0. The molecule has 0 saturated carbocycles. The second kappa shape index (κ2) is 7.11. The Labute approximate surface area is 150 Å². The van der Waals surface area contributed by atoms with Crippen LogP contribution >= 0.6 is 27.7 Å². The number of rotatable bonds is 5. The first kappa shape index (κ1) is 16.6. The van der Waals surface area contributed by atoms with Crippen molar-refractivity contribution < 1.29 is 19.1 Å². The minimum absolute atomic E-state index is 0.110. The number of carboxylic acid groups (broad SMARTS) is 1. The van der Waals surface area contributed by atoms with E-state index >= 15 is 0 Å². The minimum Gasteiger partial charge on any atom is -0.496 e. The van der Waals surface area contributed by atoms with Gasteiger partial charge in [0.2, 0.25) is 0 Å². The van der Waals surface area contributed by atoms with Crippen molar-refractivity contribution in [3.63, 3.8) is 0 Å². The van der Waals surface area contributed by atoms with Crippen LogP contribution in [0.2, 0.25) is 0 Å². The van der Waals surface area contributed by atoms with Crippen LogP contribution in [0.5, 0.6) is 5.75 Å². The predicted molar refractivity (Wildman–Crippen MR) is 96.2 cm³/mol. The van der Waals surface area contributed by atoms with Gasteiger partial charge in [0.1, 0.15) is 16.2 Å². The molecule has 0 spiro atoms. The number of oxazole rings is 1. The van der Waals surface area contributed by atoms with E-state index in [1.165, 1.54) is 0 Å². The van der Waals surface area contributed by atoms with Gasteiger partial charge in [0.15, 0.2) is 5.58 Å². The van der Waals surface area contributed by atoms with E-state index in [-0.39, 0.29) is 10.1 Å². The zero-order valence-electron chi connectivity index (χ0n) is 12.5. The molecule has 2 aromatic carbocycles. The van der Waals surface area contributed by atoms with Gasteiger partial charge in [0, 0.05) is 0 Å². The molecule has 1 aromatic heterocycles. The number of carboxylic acids is 1. The summed E-state index contributed by atoms with van der Waals surface area (Å²) in [6.07, 6.45) is 1.56. The van der Waals surface area contributed by atoms with Crippen LogP contribution in [0.1, 0.15) is 5.56 Å². The minimum atomic E-state index is -1.05. The van der Waals surface area contributed by atoms with Crippen LogP contribution in [-0.4, -0.2) is 23.2 Å². The number of para-hydroxylation sites is 2. The van der Waals surface area contributed by atoms with E-state index in [0.717, 1.165) is 21.8 Å². The summed E-state index contributed by atoms with van der Waals surface area (Å²) in [5.74, 6) is -0.371. The van der Waals surface area contributed by atoms with Crippen molar-refractivity contribution in [2.75, 3.05) is 7.11 Å². The molecule has 0 fully saturated rings. The standard InChI is InChI=1S/C17H12BrNO4S/c1-22-13-7-6-10(8-11(13)18)9-15(16(20)21)24-17-19-12-4-2-3-5-14(12)23-17/h2-9H,1H3,(H,20,21)/b15-9+. The Bertz CT molecular complexity index is 902. The fourth-order valence-electron chi connectivity index (χ4n) is 2.05. The molecule has 24 heavy (non-hydrogen) atoms. The smallest absolute Gasteiger partial charge is 0.342 e. The molecule has 122 valence electrons. The molecule has 5 nitrogen and oxygen atoms in total. The molecular formula is C17H12BrNO4S. The van der Waals surface area contributed by atoms with Crippen molar-refractivity contribution in [1.82, 2.24) is 4.98 Å². The summed E-state index contributed by atoms with van der Waals surface area (Å²) < 4.78 is 11.5. The number of fused-ring (bicyclic) bond motifs is 1. The Morgan fingerprint density at radius 1 is 1.33 bits per heavy atom. The van der Waals surface area contributed by atoms with Crippen LogP contribution in [0.3, 0.4) is 0 Å². The van der Waals surface area contributed by atoms with Gasteiger partial charge in [-0.2, -0.15) is 0 Å². The normalized spacial score (nSPS) is 11.7. The summed E-state index contributed by atoms with van der Waals surface area (Å²) >= 11 is 4.36. The summed E-state index contributed by atoms with van der Waals surface area (Å²) in [7, 11) is 1.57. The van der Waals surface area contributed by atoms with Gasteiger partial charge in [-0.3, -0.25) is 0 Å². The maximum Gasteiger partial charge on any atom is 0.342 e. The molecule has 0 atom stereocenters. The third-order valence-corrected chi connectivity index (χ3v) is 4.64. The van der Waals surface area contributed by atoms with Crippen molar-refractivity contribution in [2.24, 2.45) is 0 Å². The number of aromatic nitrogens is 1. The third kappa shape index (κ3) is 3.63. The van der Waals surface area contributed by atoms with Crippen LogP contribution in [0, 0.1) is 0 Å². The largest absolute Gasteiger partial charge is 0.496 e. The van der Waals surface area contributed by atoms with Gasteiger partial charge in [-0.05, 0) is 63.6 Å². The Morgan fingerprint density at radius 3 is 2.79 bits per heavy atom. The number of benzene rings is 2. The monoisotopic (exact) mass is 405 g/mol. The van der Waals surface area contributed by atoms with Crippen LogP contribution < -0.4 is 4.74 Å². The Balaban J connectivity index is 1.91. The number of hydrogen-bond donors (Lipinski definition) is 1. The molecular weight excluding hydrogens is 394 g/mol. The second-order valence-corrected chi connectivity index (χ2v) is 6.60. The zero-order valence-corrected chi connectivity index (χ0v) is 14.9. The molecule has 0 radical (unpaired) electrons. The van der Waals surface area contributed by atoms with Crippen LogP contribution in [0.25, 0.3) is 17.2 Å². The molecule has 7 heteroatoms. The lowest BCUT2D eigenvalue weighted by atomic mass is 10.2. The number of carbonyl (C=O) groups is 1. The highest BCUT2D eigenvalue weighted by Gasteiger charge is 2.15. The maximum absolute atomic E-state index is 11.5. The molecule has 0 aliphatic heterocycles. The first-order valence-corrected chi connectivity index (χ1v) is 8.50. The lowest BCUT2D eigenvalue weighted by molar-refractivity contribution is -0.131. The average molecular weight is 406 g/mol. The lowest BCUT2D eigenvalue weighted by Gasteiger charge is -2.04. The van der Waals surface area contributed by atoms with Crippen molar-refractivity contribution in [2.45, 2.75) is 5.22 Å². The molecule has 0 aliphatic carbocycles. The topological polar surface area (TPSA) is 72.6 Å². The number of methoxy groups -OCH3 is 1. The highest BCUT2D eigenvalue weighted by atomic mass is 79.9. The van der Waals surface area contributed by atoms with Crippen LogP contribution in [0.4, 0.5) is 0 Å². The molecule has 3 rings (SSSR count). The van der Waals surface area contributed by atoms with Gasteiger partial charge in [-0.25, -0.2) is 9.78 Å². The zero-order chi connectivity index (χ0) is 17.1. The second-order valence-electron chi connectivity index (χ2n) is 4.76. The number of aliphatic carboxylic acids is 1. The van der Waals surface area contributed by atoms with Crippen molar-refractivity contribution in [1.29, 1.82) is 0 Å². The molecule has 0 unspecified atom stereocenters. The lowest BCUT2D eigenvalue weighted by Crippen LogP contribution is -1.97. The first-order chi connectivity index (χ1) is 11.6. The van der Waals surface area contributed by atoms with E-state index in [1.54, 1.807) is 37.5 Å². The van der Waals surface area contributed by atoms with E-state index in [4.69, 9.17) is 9.15 Å². The molecule has 0 bridgehead atoms. The summed E-state index contributed by atoms with van der Waals surface area (Å²) in [6, 6.07) is 12.6. The quantitative estimate of drug-likeness (QED) is 0.484. The molecule has 0 aliphatic rings. The maximum atomic E-state index is 11.5. The van der Waals surface area contributed by atoms with Gasteiger partial charge in [-0.15, -0.1) is 0 Å². The van der Waals surface area contributed by atoms with Crippen molar-refractivity contribution >= 4 is 50.8 Å². The first-order valence-electron chi connectivity index (χ1n) is 6.89. The summed E-state index contributed by atoms with van der Waals surface area (Å²) in [5, 5.41) is 9.74. The fraction of sp³-hybridized carbons (Fsp3) is 0.0588. The molecule has 1 N–H and O–H groups in total. The van der Waals surface area contributed by atoms with Crippen LogP contribution in [0.15, 0.2) is 61.5 Å². The predicted octanol–water partition coefficient (Wildman–Crippen LogP) is 4.82. The number of halogens is 1. The van der Waals surface area contributed by atoms with Crippen LogP contribution in [-0.2, 0) is 4.79 Å². The van der Waals surface area contributed by atoms with E-state index < -0.39 is 5.97 Å². The van der Waals surface area contributed by atoms with E-state index in [9.17, 15) is 9.90 Å². The molecule has 3 aromatic rings. The molecule has 0 amide bonds. The SMILES string of the molecule is COc1ccc(/C=C(/Sc2nc3ccccc3o2)C(=O)O)cc1Br. The Morgan fingerprint density at radius 2 is 2.12 bits per heavy atom. The number of nitrogens with zero attached hydrogens (tertiary/aromatic N) is 1. The van der Waals surface area contributed by atoms with Gasteiger partial charge in [0.05, 0.1) is 11.6 Å². The van der Waals surface area contributed by atoms with E-state index in [1.807, 2.05) is 18.2 Å². The summed E-state index contributed by atoms with van der Waals surface area (Å²) in [4.78, 5) is 15.9. The van der Waals surface area contributed by atoms with Crippen molar-refractivity contribution in [3.8, 4) is 5.75 Å². The molecule has 0 saturated heterocycles. The van der Waals surface area contributed by atoms with Gasteiger partial charge in [0.25, 0.3) is 5.22 Å². The van der Waals surface area contributed by atoms with Gasteiger partial charge < -0.3 is 14.3 Å². The number of thioether (sulfide) groups is 1. The highest BCUT2D eigenvalue weighted by molar-refractivity contribution is 9.10. The third-order valence-electron chi connectivity index (χ3n) is 3.16. The van der Waals surface area contributed by atoms with Gasteiger partial charge >= 0.3 is 5.97 Å². The highest BCUT2D eigenvalue weighted by Crippen LogP contribution is 2.32. The summed E-state index contributed by atoms with van der Waals surface area (Å²) in [5.41, 5.74) is 2.04. The number of ether oxygens (including phenoxy) is 1. The average Bonchev–Trinajstić information content (AvgIpc) is 2.96. The fourth-order valence-corrected chi connectivity index (χ4v) is 3.35. The number of hydrogen-bond acceptors (Lipinski definition) is 5. The Kier molecular flexibility index (Phi) is 4.92. The molecule has 1 heterocycles. The van der Waals surface area contributed by atoms with Crippen molar-refractivity contribution in [3.05, 3.63) is 57.4 Å². The van der Waals surface area contributed by atoms with Gasteiger partial charge in [-0.1, -0.05) is 18.2 Å². The Hall–Kier alpha value is -2.25.